The van der Waals surface area contributed by atoms with Crippen molar-refractivity contribution in [3.8, 4) is 0 Å². The lowest BCUT2D eigenvalue weighted by atomic mass is 9.77. The summed E-state index contributed by atoms with van der Waals surface area (Å²) in [6.45, 7) is 1.37. The van der Waals surface area contributed by atoms with Crippen LogP contribution in [0.5, 0.6) is 0 Å². The molecular weight excluding hydrogens is 989 g/mol. The first kappa shape index (κ1) is 59.3. The molecule has 3 aliphatic heterocycles. The Bertz CT molecular complexity index is 2300. The van der Waals surface area contributed by atoms with Crippen LogP contribution in [0.25, 0.3) is 0 Å². The van der Waals surface area contributed by atoms with Crippen LogP contribution in [0.15, 0.2) is 47.2 Å². The maximum atomic E-state index is 14.8. The summed E-state index contributed by atoms with van der Waals surface area (Å²) < 4.78 is 0. The number of guanidine groups is 1. The van der Waals surface area contributed by atoms with E-state index >= 15 is 0 Å². The molecule has 1 saturated carbocycles. The van der Waals surface area contributed by atoms with Crippen molar-refractivity contribution in [2.45, 2.75) is 139 Å². The van der Waals surface area contributed by atoms with Crippen LogP contribution in [-0.2, 0) is 54.4 Å². The number of carbonyl (C=O) groups is 10. The van der Waals surface area contributed by atoms with Gasteiger partial charge in [-0.2, -0.15) is 0 Å². The van der Waals surface area contributed by atoms with Gasteiger partial charge in [-0.25, -0.2) is 0 Å². The molecule has 0 spiro atoms. The van der Waals surface area contributed by atoms with Crippen molar-refractivity contribution in [3.05, 3.63) is 47.8 Å². The Morgan fingerprint density at radius 1 is 0.750 bits per heavy atom. The third-order valence-electron chi connectivity index (χ3n) is 13.9. The number of nitrogens with two attached hydrogens (primary N) is 4. The predicted octanol–water partition coefficient (Wildman–Crippen LogP) is -4.82. The molecule has 27 nitrogen and oxygen atoms in total. The summed E-state index contributed by atoms with van der Waals surface area (Å²) in [5.41, 5.74) is 23.7. The number of carboxylic acid groups (broad SMARTS) is 1. The summed E-state index contributed by atoms with van der Waals surface area (Å²) in [6, 6.07) is 0.351. The van der Waals surface area contributed by atoms with Gasteiger partial charge >= 0.3 is 5.97 Å². The number of nitrogens with zero attached hydrogens (tertiary/aromatic N) is 2. The van der Waals surface area contributed by atoms with E-state index in [1.54, 1.807) is 36.5 Å². The zero-order chi connectivity index (χ0) is 55.3. The highest BCUT2D eigenvalue weighted by Gasteiger charge is 2.42. The zero-order valence-corrected chi connectivity index (χ0v) is 42.9. The molecule has 27 heteroatoms. The molecule has 418 valence electrons. The van der Waals surface area contributed by atoms with E-state index in [9.17, 15) is 47.9 Å². The fraction of sp³-hybridized carbons (Fsp3) is 0.612. The summed E-state index contributed by atoms with van der Waals surface area (Å²) in [4.78, 5) is 139. The van der Waals surface area contributed by atoms with Crippen LogP contribution in [0, 0.1) is 11.8 Å². The first-order valence-electron chi connectivity index (χ1n) is 25.9. The average molecular weight is 1070 g/mol. The molecule has 1 aliphatic carbocycles. The number of nitrogens with one attached hydrogen (secondary N) is 10. The van der Waals surface area contributed by atoms with Gasteiger partial charge in [0.05, 0.1) is 19.3 Å². The average Bonchev–Trinajstić information content (AvgIpc) is 4.19. The van der Waals surface area contributed by atoms with Gasteiger partial charge in [0.15, 0.2) is 5.96 Å². The second-order valence-electron chi connectivity index (χ2n) is 19.7. The summed E-state index contributed by atoms with van der Waals surface area (Å²) >= 11 is 0. The largest absolute Gasteiger partial charge is 0.480 e. The van der Waals surface area contributed by atoms with Gasteiger partial charge in [-0.05, 0) is 82.2 Å². The summed E-state index contributed by atoms with van der Waals surface area (Å²) in [7, 11) is 0. The Morgan fingerprint density at radius 2 is 1.42 bits per heavy atom. The van der Waals surface area contributed by atoms with Gasteiger partial charge in [0, 0.05) is 50.3 Å². The van der Waals surface area contributed by atoms with Crippen LogP contribution in [0.2, 0.25) is 0 Å². The molecule has 76 heavy (non-hydrogen) atoms. The maximum absolute atomic E-state index is 14.8. The highest BCUT2D eigenvalue weighted by atomic mass is 16.4. The van der Waals surface area contributed by atoms with Crippen LogP contribution in [0.3, 0.4) is 0 Å². The van der Waals surface area contributed by atoms with Crippen molar-refractivity contribution in [2.24, 2.45) is 39.8 Å². The van der Waals surface area contributed by atoms with Gasteiger partial charge in [-0.15, -0.1) is 0 Å². The smallest absolute Gasteiger partial charge is 0.322 e. The monoisotopic (exact) mass is 1060 g/mol. The molecule has 0 bridgehead atoms. The van der Waals surface area contributed by atoms with E-state index in [4.69, 9.17) is 28.0 Å². The second-order valence-corrected chi connectivity index (χ2v) is 19.7. The minimum Gasteiger partial charge on any atom is -0.480 e. The molecule has 1 aromatic carbocycles. The standard InChI is InChI=1S/C49H76N16O11/c1-27(50)42(70)62-36(20-29-22-56-32-12-6-5-11-31(29)32)46(74)60-33(13-7-17-55-49(52)53)44(72)64-37(21-30-23-54-26-59-30)48(76)65-18-8-14-38(65)47(75)61-34(15-16-39(51)66)45(73)63-35(19-28-9-3-2-4-10-28)43(71)58-24-40(67)57-25-41(68)69/h2-4,9-10,23,27,29,31-38,54,56,59H,5-8,11-22,24-26,50H2,1H3,(H2,51,66)(H,57,67)(H,58,71)(H,60,74)(H,61,75)(H,62,70)(H,63,73)(H,64,72)(H,68,69)(H4,52,53,55)/t27-,29?,31?,32?,33-,34-,35-,36-,37-,38-/m0/s1. The zero-order valence-electron chi connectivity index (χ0n) is 42.9. The van der Waals surface area contributed by atoms with Crippen molar-refractivity contribution in [1.29, 1.82) is 0 Å². The quantitative estimate of drug-likeness (QED) is 0.0203. The number of rotatable bonds is 29. The normalized spacial score (nSPS) is 20.9. The molecule has 4 aliphatic rings. The van der Waals surface area contributed by atoms with E-state index in [0.717, 1.165) is 25.7 Å². The number of carbonyl (C=O) groups excluding carboxylic acids is 9. The Labute approximate surface area is 440 Å². The van der Waals surface area contributed by atoms with E-state index in [-0.39, 0.29) is 69.9 Å². The van der Waals surface area contributed by atoms with Gasteiger partial charge in [-0.3, -0.25) is 52.9 Å². The lowest BCUT2D eigenvalue weighted by Crippen LogP contribution is -2.60. The van der Waals surface area contributed by atoms with Gasteiger partial charge in [-0.1, -0.05) is 43.2 Å². The van der Waals surface area contributed by atoms with E-state index < -0.39 is 115 Å². The molecule has 3 heterocycles. The first-order chi connectivity index (χ1) is 36.3. The fourth-order valence-corrected chi connectivity index (χ4v) is 9.97. The molecule has 5 rings (SSSR count). The molecule has 2 saturated heterocycles. The number of hydrogen-bond donors (Lipinski definition) is 15. The third-order valence-corrected chi connectivity index (χ3v) is 13.9. The van der Waals surface area contributed by atoms with Crippen LogP contribution in [-0.4, -0.2) is 163 Å². The van der Waals surface area contributed by atoms with Crippen LogP contribution in [0.4, 0.5) is 0 Å². The highest BCUT2D eigenvalue weighted by molar-refractivity contribution is 5.98. The molecule has 19 N–H and O–H groups in total. The lowest BCUT2D eigenvalue weighted by Gasteiger charge is -2.32. The topological polar surface area (TPSA) is 431 Å². The van der Waals surface area contributed by atoms with Crippen LogP contribution >= 0.6 is 0 Å². The number of hydrogen-bond acceptors (Lipinski definition) is 15. The second kappa shape index (κ2) is 29.5. The third kappa shape index (κ3) is 18.7. The number of primary amides is 1. The van der Waals surface area contributed by atoms with Crippen molar-refractivity contribution in [2.75, 3.05) is 39.4 Å². The number of aliphatic carboxylic acids is 1. The minimum absolute atomic E-state index is 0.0148. The molecule has 10 atom stereocenters. The predicted molar refractivity (Wildman–Crippen MR) is 276 cm³/mol. The van der Waals surface area contributed by atoms with Crippen molar-refractivity contribution < 1.29 is 53.1 Å². The SMILES string of the molecule is C[C@H](N)C(=O)N[C@@H](CC1CNC2CCCCC12)C(=O)N[C@@H](CCCN=C(N)N)C(=O)N[C@@H](CC1=CNCN1)C(=O)N1CCC[C@H]1C(=O)N[C@@H](CCC(N)=O)C(=O)N[C@@H](Cc1ccccc1)C(=O)NCC(=O)NCC(=O)O. The number of likely N-dealkylation sites (tertiary alicyclic amines) is 1. The van der Waals surface area contributed by atoms with Gasteiger partial charge < -0.3 is 86.1 Å². The maximum Gasteiger partial charge on any atom is 0.322 e. The Balaban J connectivity index is 1.34. The molecular formula is C49H76N16O11. The number of amides is 9. The van der Waals surface area contributed by atoms with Gasteiger partial charge in [0.1, 0.15) is 42.8 Å². The molecule has 3 fully saturated rings. The van der Waals surface area contributed by atoms with E-state index in [2.05, 4.69) is 58.2 Å². The fourth-order valence-electron chi connectivity index (χ4n) is 9.97. The Morgan fingerprint density at radius 3 is 2.09 bits per heavy atom. The summed E-state index contributed by atoms with van der Waals surface area (Å²) in [5.74, 6) is -7.75. The Kier molecular flexibility index (Phi) is 23.0. The lowest BCUT2D eigenvalue weighted by molar-refractivity contribution is -0.142. The number of carboxylic acids is 1. The first-order valence-corrected chi connectivity index (χ1v) is 25.9. The summed E-state index contributed by atoms with van der Waals surface area (Å²) in [5, 5.41) is 36.8. The van der Waals surface area contributed by atoms with Gasteiger partial charge in [0.25, 0.3) is 0 Å². The summed E-state index contributed by atoms with van der Waals surface area (Å²) in [6.07, 6.45) is 6.00. The molecule has 0 aromatic heterocycles. The van der Waals surface area contributed by atoms with E-state index in [1.807, 2.05) is 0 Å². The number of benzene rings is 1. The van der Waals surface area contributed by atoms with Crippen LogP contribution in [0.1, 0.15) is 89.5 Å². The number of fused-ring (bicyclic) bond motifs is 1. The minimum atomic E-state index is -1.46. The van der Waals surface area contributed by atoms with Crippen LogP contribution < -0.4 is 76.1 Å². The van der Waals surface area contributed by atoms with Crippen molar-refractivity contribution in [3.63, 3.8) is 0 Å². The highest BCUT2D eigenvalue weighted by Crippen LogP contribution is 2.37. The van der Waals surface area contributed by atoms with E-state index in [1.165, 1.54) is 11.8 Å². The number of aliphatic imine (C=N–C) groups is 1. The molecule has 3 unspecified atom stereocenters. The van der Waals surface area contributed by atoms with E-state index in [0.29, 0.717) is 49.3 Å². The molecule has 9 amide bonds. The Hall–Kier alpha value is -7.55. The van der Waals surface area contributed by atoms with Gasteiger partial charge in [0.2, 0.25) is 53.2 Å². The molecule has 1 aromatic rings. The van der Waals surface area contributed by atoms with Crippen molar-refractivity contribution >= 4 is 65.1 Å². The van der Waals surface area contributed by atoms with Crippen molar-refractivity contribution in [1.82, 2.24) is 58.1 Å². The molecule has 0 radical (unpaired) electrons.